The SMILES string of the molecule is COc1cc(/C=C2\SC(=O)N(Cc3c(Cl)cccc3Cl)C2=O)cc(Cl)c1OCC(=O)Nc1ccccc1. The standard InChI is InChI=1S/C26H19Cl3N2O5S/c1-35-21-11-15(10-20(29)24(21)36-14-23(32)30-16-6-3-2-4-7-16)12-22-25(33)31(26(34)37-22)13-17-18(27)8-5-9-19(17)28/h2-12H,13-14H2,1H3,(H,30,32)/b22-12-. The molecular weight excluding hydrogens is 559 g/mol. The quantitative estimate of drug-likeness (QED) is 0.293. The van der Waals surface area contributed by atoms with Crippen molar-refractivity contribution in [1.82, 2.24) is 4.90 Å². The summed E-state index contributed by atoms with van der Waals surface area (Å²) in [5.41, 5.74) is 1.62. The number of benzene rings is 3. The molecule has 3 aromatic rings. The predicted molar refractivity (Wildman–Crippen MR) is 147 cm³/mol. The minimum Gasteiger partial charge on any atom is -0.493 e. The number of hydrogen-bond acceptors (Lipinski definition) is 6. The van der Waals surface area contributed by atoms with E-state index in [0.29, 0.717) is 26.9 Å². The summed E-state index contributed by atoms with van der Waals surface area (Å²) >= 11 is 19.6. The number of para-hydroxylation sites is 1. The van der Waals surface area contributed by atoms with Gasteiger partial charge in [-0.25, -0.2) is 0 Å². The van der Waals surface area contributed by atoms with Gasteiger partial charge in [-0.15, -0.1) is 0 Å². The maximum absolute atomic E-state index is 13.0. The first kappa shape index (κ1) is 26.9. The molecule has 1 heterocycles. The number of methoxy groups -OCH3 is 1. The molecule has 3 amide bonds. The highest BCUT2D eigenvalue weighted by Crippen LogP contribution is 2.40. The zero-order chi connectivity index (χ0) is 26.5. The summed E-state index contributed by atoms with van der Waals surface area (Å²) in [6, 6.07) is 17.1. The third-order valence-electron chi connectivity index (χ3n) is 5.21. The van der Waals surface area contributed by atoms with Crippen LogP contribution >= 0.6 is 46.6 Å². The fourth-order valence-corrected chi connectivity index (χ4v) is 5.08. The van der Waals surface area contributed by atoms with Gasteiger partial charge in [-0.3, -0.25) is 19.3 Å². The molecule has 1 fully saturated rings. The average Bonchev–Trinajstić information content (AvgIpc) is 3.13. The van der Waals surface area contributed by atoms with Gasteiger partial charge in [-0.05, 0) is 59.8 Å². The number of imide groups is 1. The number of carbonyl (C=O) groups is 3. The molecule has 0 atom stereocenters. The van der Waals surface area contributed by atoms with Gasteiger partial charge < -0.3 is 14.8 Å². The molecule has 0 aromatic heterocycles. The van der Waals surface area contributed by atoms with Crippen LogP contribution in [0.2, 0.25) is 15.1 Å². The molecule has 7 nitrogen and oxygen atoms in total. The van der Waals surface area contributed by atoms with Crippen LogP contribution in [0.15, 0.2) is 65.6 Å². The van der Waals surface area contributed by atoms with Gasteiger partial charge in [0.05, 0.1) is 23.6 Å². The topological polar surface area (TPSA) is 84.9 Å². The Bertz CT molecular complexity index is 1380. The van der Waals surface area contributed by atoms with Crippen molar-refractivity contribution in [1.29, 1.82) is 0 Å². The van der Waals surface area contributed by atoms with E-state index >= 15 is 0 Å². The van der Waals surface area contributed by atoms with Crippen LogP contribution in [0.25, 0.3) is 6.08 Å². The van der Waals surface area contributed by atoms with Crippen LogP contribution in [-0.2, 0) is 16.1 Å². The number of rotatable bonds is 8. The first-order valence-electron chi connectivity index (χ1n) is 10.8. The number of carbonyl (C=O) groups excluding carboxylic acids is 3. The van der Waals surface area contributed by atoms with Crippen LogP contribution < -0.4 is 14.8 Å². The fraction of sp³-hybridized carbons (Fsp3) is 0.115. The molecule has 11 heteroatoms. The number of thioether (sulfide) groups is 1. The van der Waals surface area contributed by atoms with Crippen molar-refractivity contribution in [2.75, 3.05) is 19.0 Å². The Labute approximate surface area is 232 Å². The average molecular weight is 578 g/mol. The van der Waals surface area contributed by atoms with E-state index in [9.17, 15) is 14.4 Å². The molecule has 0 unspecified atom stereocenters. The number of nitrogens with zero attached hydrogens (tertiary/aromatic N) is 1. The Morgan fingerprint density at radius 3 is 2.38 bits per heavy atom. The van der Waals surface area contributed by atoms with E-state index < -0.39 is 11.1 Å². The van der Waals surface area contributed by atoms with E-state index in [2.05, 4.69) is 5.32 Å². The molecule has 0 aliphatic carbocycles. The minimum absolute atomic E-state index is 0.0532. The Morgan fingerprint density at radius 1 is 1.00 bits per heavy atom. The van der Waals surface area contributed by atoms with Crippen molar-refractivity contribution in [2.45, 2.75) is 6.54 Å². The molecule has 0 saturated carbocycles. The van der Waals surface area contributed by atoms with Crippen LogP contribution in [0.3, 0.4) is 0 Å². The van der Waals surface area contributed by atoms with Crippen molar-refractivity contribution in [3.63, 3.8) is 0 Å². The Hall–Kier alpha value is -3.17. The van der Waals surface area contributed by atoms with Crippen molar-refractivity contribution >= 4 is 75.4 Å². The third-order valence-corrected chi connectivity index (χ3v) is 7.10. The van der Waals surface area contributed by atoms with Gasteiger partial charge in [0, 0.05) is 21.3 Å². The number of amides is 3. The van der Waals surface area contributed by atoms with Crippen LogP contribution in [0.4, 0.5) is 10.5 Å². The summed E-state index contributed by atoms with van der Waals surface area (Å²) in [6.07, 6.45) is 1.53. The van der Waals surface area contributed by atoms with E-state index in [1.807, 2.05) is 6.07 Å². The van der Waals surface area contributed by atoms with E-state index in [1.54, 1.807) is 54.6 Å². The lowest BCUT2D eigenvalue weighted by molar-refractivity contribution is -0.123. The van der Waals surface area contributed by atoms with E-state index in [0.717, 1.165) is 16.7 Å². The summed E-state index contributed by atoms with van der Waals surface area (Å²) in [7, 11) is 1.42. The maximum Gasteiger partial charge on any atom is 0.293 e. The summed E-state index contributed by atoms with van der Waals surface area (Å²) in [6.45, 7) is -0.351. The van der Waals surface area contributed by atoms with Gasteiger partial charge in [0.2, 0.25) is 0 Å². The Kier molecular flexibility index (Phi) is 8.66. The van der Waals surface area contributed by atoms with Gasteiger partial charge in [0.25, 0.3) is 17.1 Å². The van der Waals surface area contributed by atoms with E-state index in [1.165, 1.54) is 13.2 Å². The molecule has 0 spiro atoms. The monoisotopic (exact) mass is 576 g/mol. The molecule has 37 heavy (non-hydrogen) atoms. The molecule has 4 rings (SSSR count). The lowest BCUT2D eigenvalue weighted by Gasteiger charge is -2.15. The van der Waals surface area contributed by atoms with Crippen molar-refractivity contribution in [3.05, 3.63) is 91.8 Å². The lowest BCUT2D eigenvalue weighted by atomic mass is 10.1. The molecule has 1 saturated heterocycles. The number of anilines is 1. The second kappa shape index (κ2) is 11.9. The fourth-order valence-electron chi connectivity index (χ4n) is 3.45. The summed E-state index contributed by atoms with van der Waals surface area (Å²) in [5, 5.41) is 3.16. The summed E-state index contributed by atoms with van der Waals surface area (Å²) in [4.78, 5) is 39.1. The van der Waals surface area contributed by atoms with Gasteiger partial charge >= 0.3 is 0 Å². The molecular formula is C26H19Cl3N2O5S. The van der Waals surface area contributed by atoms with Crippen molar-refractivity contribution in [3.8, 4) is 11.5 Å². The highest BCUT2D eigenvalue weighted by Gasteiger charge is 2.35. The highest BCUT2D eigenvalue weighted by molar-refractivity contribution is 8.18. The normalized spacial score (nSPS) is 14.3. The lowest BCUT2D eigenvalue weighted by Crippen LogP contribution is -2.27. The maximum atomic E-state index is 13.0. The molecule has 1 aliphatic rings. The predicted octanol–water partition coefficient (Wildman–Crippen LogP) is 6.91. The zero-order valence-corrected chi connectivity index (χ0v) is 22.4. The van der Waals surface area contributed by atoms with E-state index in [-0.39, 0.29) is 40.5 Å². The van der Waals surface area contributed by atoms with E-state index in [4.69, 9.17) is 44.3 Å². The van der Waals surface area contributed by atoms with Crippen LogP contribution in [0.5, 0.6) is 11.5 Å². The highest BCUT2D eigenvalue weighted by atomic mass is 35.5. The number of hydrogen-bond donors (Lipinski definition) is 1. The van der Waals surface area contributed by atoms with Crippen molar-refractivity contribution < 1.29 is 23.9 Å². The van der Waals surface area contributed by atoms with Gasteiger partial charge in [-0.1, -0.05) is 59.1 Å². The van der Waals surface area contributed by atoms with Crippen molar-refractivity contribution in [2.24, 2.45) is 0 Å². The van der Waals surface area contributed by atoms with Gasteiger partial charge in [0.15, 0.2) is 18.1 Å². The molecule has 0 bridgehead atoms. The summed E-state index contributed by atoms with van der Waals surface area (Å²) in [5.74, 6) is -0.431. The van der Waals surface area contributed by atoms with Crippen LogP contribution in [0, 0.1) is 0 Å². The molecule has 190 valence electrons. The second-order valence-electron chi connectivity index (χ2n) is 7.71. The Balaban J connectivity index is 1.49. The molecule has 3 aromatic carbocycles. The van der Waals surface area contributed by atoms with Gasteiger partial charge in [0.1, 0.15) is 0 Å². The van der Waals surface area contributed by atoms with Crippen LogP contribution in [0.1, 0.15) is 11.1 Å². The minimum atomic E-state index is -0.487. The largest absolute Gasteiger partial charge is 0.493 e. The zero-order valence-electron chi connectivity index (χ0n) is 19.3. The number of nitrogens with one attached hydrogen (secondary N) is 1. The molecule has 0 radical (unpaired) electrons. The summed E-state index contributed by atoms with van der Waals surface area (Å²) < 4.78 is 11.0. The first-order valence-corrected chi connectivity index (χ1v) is 12.8. The Morgan fingerprint density at radius 2 is 1.70 bits per heavy atom. The smallest absolute Gasteiger partial charge is 0.293 e. The number of halogens is 3. The number of ether oxygens (including phenoxy) is 2. The molecule has 1 N–H and O–H groups in total. The van der Waals surface area contributed by atoms with Crippen LogP contribution in [-0.4, -0.2) is 35.7 Å². The van der Waals surface area contributed by atoms with Gasteiger partial charge in [-0.2, -0.15) is 0 Å². The second-order valence-corrected chi connectivity index (χ2v) is 9.92. The molecule has 1 aliphatic heterocycles. The first-order chi connectivity index (χ1) is 17.8. The third kappa shape index (κ3) is 6.40.